The van der Waals surface area contributed by atoms with E-state index in [1.807, 2.05) is 0 Å². The molecular weight excluding hydrogens is 422 g/mol. The molecule has 0 spiro atoms. The van der Waals surface area contributed by atoms with Crippen molar-refractivity contribution in [3.8, 4) is 0 Å². The van der Waals surface area contributed by atoms with E-state index in [2.05, 4.69) is 20.7 Å². The molecular formula is C18H16BrNO5S. The minimum absolute atomic E-state index is 0.0117. The molecule has 8 heteroatoms. The van der Waals surface area contributed by atoms with E-state index in [-0.39, 0.29) is 33.7 Å². The summed E-state index contributed by atoms with van der Waals surface area (Å²) < 4.78 is 33.3. The molecule has 26 heavy (non-hydrogen) atoms. The molecule has 0 aromatic heterocycles. The fourth-order valence-electron chi connectivity index (χ4n) is 2.88. The molecule has 1 N–H and O–H groups in total. The molecule has 1 aliphatic rings. The Morgan fingerprint density at radius 3 is 2.69 bits per heavy atom. The topological polar surface area (TPSA) is 89.5 Å². The monoisotopic (exact) mass is 437 g/mol. The van der Waals surface area contributed by atoms with Gasteiger partial charge in [-0.05, 0) is 46.6 Å². The SMILES string of the molecule is CCOC(=O)c1ccc(S(=O)(=O)NC2CC(=O)c3ccccc32)c(Br)c1. The van der Waals surface area contributed by atoms with Gasteiger partial charge < -0.3 is 4.74 Å². The van der Waals surface area contributed by atoms with Gasteiger partial charge in [0.25, 0.3) is 0 Å². The Kier molecular flexibility index (Phi) is 5.27. The highest BCUT2D eigenvalue weighted by atomic mass is 79.9. The molecule has 0 saturated heterocycles. The van der Waals surface area contributed by atoms with Crippen LogP contribution in [0.15, 0.2) is 51.8 Å². The summed E-state index contributed by atoms with van der Waals surface area (Å²) in [5.74, 6) is -0.620. The van der Waals surface area contributed by atoms with Gasteiger partial charge in [0.1, 0.15) is 0 Å². The second-order valence-corrected chi connectivity index (χ2v) is 8.29. The maximum absolute atomic E-state index is 12.8. The molecule has 0 fully saturated rings. The molecule has 3 rings (SSSR count). The predicted molar refractivity (Wildman–Crippen MR) is 98.6 cm³/mol. The third-order valence-electron chi connectivity index (χ3n) is 4.06. The van der Waals surface area contributed by atoms with Crippen molar-refractivity contribution in [1.29, 1.82) is 0 Å². The average molecular weight is 438 g/mol. The molecule has 0 saturated carbocycles. The molecule has 1 atom stereocenters. The zero-order valence-electron chi connectivity index (χ0n) is 13.9. The number of esters is 1. The predicted octanol–water partition coefficient (Wildman–Crippen LogP) is 3.23. The van der Waals surface area contributed by atoms with Crippen molar-refractivity contribution in [1.82, 2.24) is 4.72 Å². The molecule has 6 nitrogen and oxygen atoms in total. The second kappa shape index (κ2) is 7.30. The minimum Gasteiger partial charge on any atom is -0.462 e. The summed E-state index contributed by atoms with van der Waals surface area (Å²) >= 11 is 3.20. The van der Waals surface area contributed by atoms with E-state index >= 15 is 0 Å². The molecule has 2 aromatic carbocycles. The number of benzene rings is 2. The summed E-state index contributed by atoms with van der Waals surface area (Å²) in [5.41, 5.74) is 1.45. The van der Waals surface area contributed by atoms with Crippen molar-refractivity contribution in [3.05, 3.63) is 63.6 Å². The van der Waals surface area contributed by atoms with E-state index in [0.29, 0.717) is 11.1 Å². The van der Waals surface area contributed by atoms with Crippen LogP contribution in [0.2, 0.25) is 0 Å². The highest BCUT2D eigenvalue weighted by molar-refractivity contribution is 9.10. The average Bonchev–Trinajstić information content (AvgIpc) is 2.90. The summed E-state index contributed by atoms with van der Waals surface area (Å²) in [5, 5.41) is 0. The van der Waals surface area contributed by atoms with E-state index < -0.39 is 22.0 Å². The maximum atomic E-state index is 12.8. The molecule has 0 aliphatic heterocycles. The fraction of sp³-hybridized carbons (Fsp3) is 0.222. The van der Waals surface area contributed by atoms with Crippen molar-refractivity contribution in [2.24, 2.45) is 0 Å². The Morgan fingerprint density at radius 2 is 2.00 bits per heavy atom. The lowest BCUT2D eigenvalue weighted by Gasteiger charge is -2.15. The molecule has 1 unspecified atom stereocenters. The summed E-state index contributed by atoms with van der Waals surface area (Å²) in [6.45, 7) is 1.92. The van der Waals surface area contributed by atoms with Gasteiger partial charge in [0.05, 0.1) is 23.1 Å². The number of ether oxygens (including phenoxy) is 1. The van der Waals surface area contributed by atoms with Crippen LogP contribution in [-0.4, -0.2) is 26.8 Å². The Bertz CT molecular complexity index is 987. The number of halogens is 1. The van der Waals surface area contributed by atoms with E-state index in [1.165, 1.54) is 18.2 Å². The number of carbonyl (C=O) groups is 2. The van der Waals surface area contributed by atoms with Crippen LogP contribution in [0.3, 0.4) is 0 Å². The number of ketones is 1. The highest BCUT2D eigenvalue weighted by Gasteiger charge is 2.33. The van der Waals surface area contributed by atoms with Crippen LogP contribution in [-0.2, 0) is 14.8 Å². The quantitative estimate of drug-likeness (QED) is 0.725. The van der Waals surface area contributed by atoms with Crippen LogP contribution in [0, 0.1) is 0 Å². The van der Waals surface area contributed by atoms with Crippen LogP contribution in [0.4, 0.5) is 0 Å². The lowest BCUT2D eigenvalue weighted by molar-refractivity contribution is 0.0526. The molecule has 1 aliphatic carbocycles. The Labute approximate surface area is 159 Å². The number of hydrogen-bond acceptors (Lipinski definition) is 5. The van der Waals surface area contributed by atoms with Crippen LogP contribution in [0.5, 0.6) is 0 Å². The standard InChI is InChI=1S/C18H16BrNO5S/c1-2-25-18(22)11-7-8-17(14(19)9-11)26(23,24)20-15-10-16(21)13-6-4-3-5-12(13)15/h3-9,15,20H,2,10H2,1H3. The number of nitrogens with one attached hydrogen (secondary N) is 1. The number of hydrogen-bond donors (Lipinski definition) is 1. The summed E-state index contributed by atoms with van der Waals surface area (Å²) in [6, 6.07) is 10.5. The largest absolute Gasteiger partial charge is 0.462 e. The van der Waals surface area contributed by atoms with Gasteiger partial charge in [-0.2, -0.15) is 0 Å². The van der Waals surface area contributed by atoms with Crippen LogP contribution >= 0.6 is 15.9 Å². The number of Topliss-reactive ketones (excluding diaryl/α,β-unsaturated/α-hetero) is 1. The van der Waals surface area contributed by atoms with Crippen molar-refractivity contribution >= 4 is 37.7 Å². The first-order valence-electron chi connectivity index (χ1n) is 7.94. The van der Waals surface area contributed by atoms with Crippen molar-refractivity contribution < 1.29 is 22.7 Å². The molecule has 136 valence electrons. The molecule has 2 aromatic rings. The van der Waals surface area contributed by atoms with Crippen LogP contribution < -0.4 is 4.72 Å². The number of carbonyl (C=O) groups excluding carboxylic acids is 2. The third-order valence-corrected chi connectivity index (χ3v) is 6.50. The number of fused-ring (bicyclic) bond motifs is 1. The van der Waals surface area contributed by atoms with E-state index in [1.54, 1.807) is 31.2 Å². The van der Waals surface area contributed by atoms with Crippen LogP contribution in [0.25, 0.3) is 0 Å². The Morgan fingerprint density at radius 1 is 1.27 bits per heavy atom. The van der Waals surface area contributed by atoms with Gasteiger partial charge in [0.2, 0.25) is 10.0 Å². The lowest BCUT2D eigenvalue weighted by atomic mass is 10.1. The lowest BCUT2D eigenvalue weighted by Crippen LogP contribution is -2.28. The summed E-state index contributed by atoms with van der Waals surface area (Å²) in [7, 11) is -3.90. The highest BCUT2D eigenvalue weighted by Crippen LogP contribution is 2.33. The first-order chi connectivity index (χ1) is 12.3. The first kappa shape index (κ1) is 18.8. The van der Waals surface area contributed by atoms with E-state index in [4.69, 9.17) is 4.74 Å². The number of rotatable bonds is 5. The molecule has 0 amide bonds. The van der Waals surface area contributed by atoms with Gasteiger partial charge in [-0.3, -0.25) is 4.79 Å². The Balaban J connectivity index is 1.88. The van der Waals surface area contributed by atoms with Crippen LogP contribution in [0.1, 0.15) is 45.7 Å². The second-order valence-electron chi connectivity index (χ2n) is 5.75. The van der Waals surface area contributed by atoms with Gasteiger partial charge in [-0.1, -0.05) is 24.3 Å². The van der Waals surface area contributed by atoms with Gasteiger partial charge in [0, 0.05) is 16.5 Å². The third kappa shape index (κ3) is 3.58. The van der Waals surface area contributed by atoms with Gasteiger partial charge in [0.15, 0.2) is 5.78 Å². The van der Waals surface area contributed by atoms with Crippen molar-refractivity contribution in [2.75, 3.05) is 6.61 Å². The normalized spacial score (nSPS) is 16.4. The zero-order valence-corrected chi connectivity index (χ0v) is 16.3. The number of sulfonamides is 1. The Hall–Kier alpha value is -2.03. The summed E-state index contributed by atoms with van der Waals surface area (Å²) in [4.78, 5) is 23.8. The van der Waals surface area contributed by atoms with Crippen molar-refractivity contribution in [2.45, 2.75) is 24.3 Å². The van der Waals surface area contributed by atoms with E-state index in [9.17, 15) is 18.0 Å². The van der Waals surface area contributed by atoms with Crippen molar-refractivity contribution in [3.63, 3.8) is 0 Å². The maximum Gasteiger partial charge on any atom is 0.338 e. The van der Waals surface area contributed by atoms with Gasteiger partial charge in [-0.25, -0.2) is 17.9 Å². The molecule has 0 bridgehead atoms. The zero-order chi connectivity index (χ0) is 18.9. The van der Waals surface area contributed by atoms with Gasteiger partial charge in [-0.15, -0.1) is 0 Å². The first-order valence-corrected chi connectivity index (χ1v) is 10.2. The van der Waals surface area contributed by atoms with E-state index in [0.717, 1.165) is 0 Å². The fourth-order valence-corrected chi connectivity index (χ4v) is 5.17. The molecule has 0 heterocycles. The smallest absolute Gasteiger partial charge is 0.338 e. The minimum atomic E-state index is -3.90. The molecule has 0 radical (unpaired) electrons. The summed E-state index contributed by atoms with van der Waals surface area (Å²) in [6.07, 6.45) is 0.0805. The van der Waals surface area contributed by atoms with Gasteiger partial charge >= 0.3 is 5.97 Å².